The fraction of sp³-hybridized carbons (Fsp3) is 0.562. The molecule has 2 aliphatic rings. The molecular formula is C16H19F2NO4. The number of alkyl halides is 2. The molecule has 0 radical (unpaired) electrons. The monoisotopic (exact) mass is 327 g/mol. The van der Waals surface area contributed by atoms with Gasteiger partial charge in [-0.2, -0.15) is 0 Å². The number of hydrogen-bond donors (Lipinski definition) is 1. The number of carboxylic acid groups (broad SMARTS) is 1. The Morgan fingerprint density at radius 3 is 2.91 bits per heavy atom. The van der Waals surface area contributed by atoms with Crippen LogP contribution in [-0.4, -0.2) is 48.2 Å². The maximum absolute atomic E-state index is 13.8. The predicted octanol–water partition coefficient (Wildman–Crippen LogP) is 2.39. The standard InChI is InChI=1S/C16H19F2NO4/c17-16(18)7-12(15(20)21)9-19(10-16)8-11-3-1-4-13-14(11)23-6-2-5-22-13/h1,3-4,12H,2,5-10H2,(H,20,21). The number of carboxylic acids is 1. The maximum atomic E-state index is 13.8. The third-order valence-electron chi connectivity index (χ3n) is 4.07. The number of rotatable bonds is 3. The summed E-state index contributed by atoms with van der Waals surface area (Å²) in [6, 6.07) is 5.38. The quantitative estimate of drug-likeness (QED) is 0.924. The van der Waals surface area contributed by atoms with Gasteiger partial charge in [-0.15, -0.1) is 0 Å². The van der Waals surface area contributed by atoms with Crippen LogP contribution in [0.3, 0.4) is 0 Å². The number of hydrogen-bond acceptors (Lipinski definition) is 4. The SMILES string of the molecule is O=C(O)C1CN(Cc2cccc3c2OCCCO3)CC(F)(F)C1. The molecule has 0 bridgehead atoms. The number of piperidine rings is 1. The fourth-order valence-corrected chi connectivity index (χ4v) is 3.10. The molecule has 23 heavy (non-hydrogen) atoms. The van der Waals surface area contributed by atoms with Crippen molar-refractivity contribution in [3.05, 3.63) is 23.8 Å². The molecule has 5 nitrogen and oxygen atoms in total. The molecule has 1 saturated heterocycles. The number of aliphatic carboxylic acids is 1. The van der Waals surface area contributed by atoms with Crippen LogP contribution in [-0.2, 0) is 11.3 Å². The predicted molar refractivity (Wildman–Crippen MR) is 78.0 cm³/mol. The van der Waals surface area contributed by atoms with E-state index in [0.717, 1.165) is 12.0 Å². The molecular weight excluding hydrogens is 308 g/mol. The molecule has 1 fully saturated rings. The van der Waals surface area contributed by atoms with Gasteiger partial charge in [0.05, 0.1) is 25.7 Å². The number of fused-ring (bicyclic) bond motifs is 1. The van der Waals surface area contributed by atoms with Crippen LogP contribution < -0.4 is 9.47 Å². The summed E-state index contributed by atoms with van der Waals surface area (Å²) in [6.45, 7) is 0.944. The van der Waals surface area contributed by atoms with Crippen LogP contribution in [0.4, 0.5) is 8.78 Å². The molecule has 1 atom stereocenters. The molecule has 1 aromatic carbocycles. The Morgan fingerprint density at radius 2 is 2.13 bits per heavy atom. The zero-order chi connectivity index (χ0) is 16.4. The lowest BCUT2D eigenvalue weighted by Gasteiger charge is -2.36. The second kappa shape index (κ2) is 6.31. The summed E-state index contributed by atoms with van der Waals surface area (Å²) in [7, 11) is 0. The minimum Gasteiger partial charge on any atom is -0.490 e. The molecule has 7 heteroatoms. The zero-order valence-electron chi connectivity index (χ0n) is 12.6. The van der Waals surface area contributed by atoms with E-state index in [0.29, 0.717) is 24.7 Å². The number of carbonyl (C=O) groups is 1. The van der Waals surface area contributed by atoms with Gasteiger partial charge in [0, 0.05) is 31.5 Å². The molecule has 1 aromatic rings. The summed E-state index contributed by atoms with van der Waals surface area (Å²) in [5.41, 5.74) is 0.742. The van der Waals surface area contributed by atoms with Gasteiger partial charge in [-0.3, -0.25) is 9.69 Å². The highest BCUT2D eigenvalue weighted by atomic mass is 19.3. The first-order chi connectivity index (χ1) is 10.9. The fourth-order valence-electron chi connectivity index (χ4n) is 3.10. The van der Waals surface area contributed by atoms with Gasteiger partial charge < -0.3 is 14.6 Å². The van der Waals surface area contributed by atoms with Crippen molar-refractivity contribution >= 4 is 5.97 Å². The highest BCUT2D eigenvalue weighted by molar-refractivity contribution is 5.70. The molecule has 0 aromatic heterocycles. The number of likely N-dealkylation sites (tertiary alicyclic amines) is 1. The number of nitrogens with zero attached hydrogens (tertiary/aromatic N) is 1. The van der Waals surface area contributed by atoms with Gasteiger partial charge in [-0.25, -0.2) is 8.78 Å². The maximum Gasteiger partial charge on any atom is 0.308 e. The van der Waals surface area contributed by atoms with E-state index in [1.807, 2.05) is 0 Å². The van der Waals surface area contributed by atoms with Crippen LogP contribution in [0.25, 0.3) is 0 Å². The number of ether oxygens (including phenoxy) is 2. The average molecular weight is 327 g/mol. The lowest BCUT2D eigenvalue weighted by molar-refractivity contribution is -0.153. The second-order valence-electron chi connectivity index (χ2n) is 6.06. The molecule has 2 aliphatic heterocycles. The largest absolute Gasteiger partial charge is 0.490 e. The molecule has 0 aliphatic carbocycles. The third-order valence-corrected chi connectivity index (χ3v) is 4.07. The van der Waals surface area contributed by atoms with E-state index >= 15 is 0 Å². The molecule has 0 amide bonds. The number of benzene rings is 1. The summed E-state index contributed by atoms with van der Waals surface area (Å²) >= 11 is 0. The van der Waals surface area contributed by atoms with Crippen LogP contribution in [0.15, 0.2) is 18.2 Å². The second-order valence-corrected chi connectivity index (χ2v) is 6.06. The van der Waals surface area contributed by atoms with Crippen molar-refractivity contribution in [3.8, 4) is 11.5 Å². The summed E-state index contributed by atoms with van der Waals surface area (Å²) in [6.07, 6.45) is 0.155. The van der Waals surface area contributed by atoms with Gasteiger partial charge in [0.2, 0.25) is 0 Å². The molecule has 3 rings (SSSR count). The van der Waals surface area contributed by atoms with Crippen LogP contribution in [0, 0.1) is 5.92 Å². The van der Waals surface area contributed by atoms with E-state index in [1.165, 1.54) is 4.90 Å². The first-order valence-electron chi connectivity index (χ1n) is 7.65. The Balaban J connectivity index is 1.80. The summed E-state index contributed by atoms with van der Waals surface area (Å²) in [5, 5.41) is 9.08. The smallest absolute Gasteiger partial charge is 0.308 e. The molecule has 1 unspecified atom stereocenters. The Hall–Kier alpha value is -1.89. The highest BCUT2D eigenvalue weighted by Gasteiger charge is 2.43. The summed E-state index contributed by atoms with van der Waals surface area (Å²) in [4.78, 5) is 12.6. The minimum atomic E-state index is -3.00. The molecule has 0 spiro atoms. The van der Waals surface area contributed by atoms with Crippen molar-refractivity contribution in [2.75, 3.05) is 26.3 Å². The Kier molecular flexibility index (Phi) is 4.39. The van der Waals surface area contributed by atoms with Gasteiger partial charge in [-0.05, 0) is 6.07 Å². The van der Waals surface area contributed by atoms with E-state index in [4.69, 9.17) is 14.6 Å². The Morgan fingerprint density at radius 1 is 1.35 bits per heavy atom. The Labute approximate surface area is 132 Å². The van der Waals surface area contributed by atoms with Gasteiger partial charge in [0.15, 0.2) is 11.5 Å². The van der Waals surface area contributed by atoms with Crippen LogP contribution in [0.1, 0.15) is 18.4 Å². The van der Waals surface area contributed by atoms with E-state index in [2.05, 4.69) is 0 Å². The molecule has 126 valence electrons. The Bertz CT molecular complexity index is 593. The molecule has 0 saturated carbocycles. The van der Waals surface area contributed by atoms with Gasteiger partial charge >= 0.3 is 5.97 Å². The number of para-hydroxylation sites is 1. The number of halogens is 2. The van der Waals surface area contributed by atoms with Crippen LogP contribution in [0.5, 0.6) is 11.5 Å². The van der Waals surface area contributed by atoms with E-state index in [1.54, 1.807) is 18.2 Å². The zero-order valence-corrected chi connectivity index (χ0v) is 12.6. The summed E-state index contributed by atoms with van der Waals surface area (Å²) < 4.78 is 38.9. The van der Waals surface area contributed by atoms with Crippen molar-refractivity contribution in [1.29, 1.82) is 0 Å². The van der Waals surface area contributed by atoms with Gasteiger partial charge in [0.1, 0.15) is 0 Å². The van der Waals surface area contributed by atoms with E-state index in [9.17, 15) is 13.6 Å². The topological polar surface area (TPSA) is 59.0 Å². The van der Waals surface area contributed by atoms with Crippen molar-refractivity contribution < 1.29 is 28.2 Å². The minimum absolute atomic E-state index is 0.107. The van der Waals surface area contributed by atoms with E-state index < -0.39 is 30.8 Å². The lowest BCUT2D eigenvalue weighted by atomic mass is 9.95. The normalized spacial score (nSPS) is 24.0. The van der Waals surface area contributed by atoms with Crippen molar-refractivity contribution in [2.24, 2.45) is 5.92 Å². The molecule has 1 N–H and O–H groups in total. The van der Waals surface area contributed by atoms with Crippen molar-refractivity contribution in [1.82, 2.24) is 4.90 Å². The molecule has 2 heterocycles. The summed E-state index contributed by atoms with van der Waals surface area (Å²) in [5.74, 6) is -4.05. The lowest BCUT2D eigenvalue weighted by Crippen LogP contribution is -2.48. The van der Waals surface area contributed by atoms with Crippen LogP contribution >= 0.6 is 0 Å². The van der Waals surface area contributed by atoms with Gasteiger partial charge in [0.25, 0.3) is 5.92 Å². The van der Waals surface area contributed by atoms with Crippen LogP contribution in [0.2, 0.25) is 0 Å². The van der Waals surface area contributed by atoms with Gasteiger partial charge in [-0.1, -0.05) is 12.1 Å². The highest BCUT2D eigenvalue weighted by Crippen LogP contribution is 2.36. The average Bonchev–Trinajstić information content (AvgIpc) is 2.71. The first-order valence-corrected chi connectivity index (χ1v) is 7.65. The van der Waals surface area contributed by atoms with E-state index in [-0.39, 0.29) is 13.1 Å². The third kappa shape index (κ3) is 3.72. The van der Waals surface area contributed by atoms with Crippen molar-refractivity contribution in [3.63, 3.8) is 0 Å². The van der Waals surface area contributed by atoms with Crippen molar-refractivity contribution in [2.45, 2.75) is 25.3 Å². The first kappa shape index (κ1) is 16.0.